The maximum absolute atomic E-state index is 12.5. The van der Waals surface area contributed by atoms with Gasteiger partial charge in [-0.1, -0.05) is 24.4 Å². The molecule has 3 unspecified atom stereocenters. The van der Waals surface area contributed by atoms with E-state index in [9.17, 15) is 14.4 Å². The molecule has 3 rings (SSSR count). The Morgan fingerprint density at radius 3 is 2.42 bits per heavy atom. The van der Waals surface area contributed by atoms with Crippen molar-refractivity contribution in [2.24, 2.45) is 18.9 Å². The SMILES string of the molecule is CC(C(=O)OCc1ncc(Cl)n1C)N1C(=O)C2CCCCC2C1=O. The van der Waals surface area contributed by atoms with Crippen molar-refractivity contribution in [3.63, 3.8) is 0 Å². The molecule has 7 nitrogen and oxygen atoms in total. The molecule has 1 saturated carbocycles. The molecule has 0 aromatic carbocycles. The summed E-state index contributed by atoms with van der Waals surface area (Å²) >= 11 is 5.88. The highest BCUT2D eigenvalue weighted by Crippen LogP contribution is 2.38. The van der Waals surface area contributed by atoms with Gasteiger partial charge in [0.1, 0.15) is 23.6 Å². The Morgan fingerprint density at radius 1 is 1.33 bits per heavy atom. The van der Waals surface area contributed by atoms with Gasteiger partial charge in [-0.05, 0) is 19.8 Å². The largest absolute Gasteiger partial charge is 0.456 e. The minimum Gasteiger partial charge on any atom is -0.456 e. The van der Waals surface area contributed by atoms with Gasteiger partial charge in [0.15, 0.2) is 0 Å². The van der Waals surface area contributed by atoms with Crippen LogP contribution in [0, 0.1) is 11.8 Å². The first-order valence-electron chi connectivity index (χ1n) is 8.11. The number of ether oxygens (including phenoxy) is 1. The molecule has 2 fully saturated rings. The summed E-state index contributed by atoms with van der Waals surface area (Å²) in [6, 6.07) is -0.925. The van der Waals surface area contributed by atoms with Crippen LogP contribution in [0.2, 0.25) is 5.15 Å². The highest BCUT2D eigenvalue weighted by Gasteiger charge is 2.51. The van der Waals surface area contributed by atoms with Gasteiger partial charge in [0.25, 0.3) is 0 Å². The first-order chi connectivity index (χ1) is 11.4. The van der Waals surface area contributed by atoms with E-state index in [0.717, 1.165) is 30.6 Å². The summed E-state index contributed by atoms with van der Waals surface area (Å²) in [4.78, 5) is 42.4. The van der Waals surface area contributed by atoms with Crippen LogP contribution in [0.25, 0.3) is 0 Å². The summed E-state index contributed by atoms with van der Waals surface area (Å²) in [5.41, 5.74) is 0. The highest BCUT2D eigenvalue weighted by atomic mass is 35.5. The Kier molecular flexibility index (Phi) is 4.62. The van der Waals surface area contributed by atoms with E-state index in [1.165, 1.54) is 13.1 Å². The molecule has 0 spiro atoms. The number of esters is 1. The number of hydrogen-bond acceptors (Lipinski definition) is 5. The number of imidazole rings is 1. The van der Waals surface area contributed by atoms with Gasteiger partial charge in [-0.2, -0.15) is 0 Å². The summed E-state index contributed by atoms with van der Waals surface area (Å²) in [5, 5.41) is 0.433. The number of hydrogen-bond donors (Lipinski definition) is 0. The number of aromatic nitrogens is 2. The van der Waals surface area contributed by atoms with Crippen molar-refractivity contribution >= 4 is 29.4 Å². The summed E-state index contributed by atoms with van der Waals surface area (Å²) < 4.78 is 6.82. The fourth-order valence-corrected chi connectivity index (χ4v) is 3.64. The minimum atomic E-state index is -0.925. The van der Waals surface area contributed by atoms with Crippen molar-refractivity contribution in [1.29, 1.82) is 0 Å². The van der Waals surface area contributed by atoms with Crippen molar-refractivity contribution in [1.82, 2.24) is 14.5 Å². The molecule has 2 aliphatic rings. The molecule has 3 atom stereocenters. The second-order valence-corrected chi connectivity index (χ2v) is 6.77. The third-order valence-corrected chi connectivity index (χ3v) is 5.33. The third kappa shape index (κ3) is 2.81. The predicted molar refractivity (Wildman–Crippen MR) is 84.8 cm³/mol. The van der Waals surface area contributed by atoms with Crippen molar-refractivity contribution in [2.45, 2.75) is 45.3 Å². The lowest BCUT2D eigenvalue weighted by Crippen LogP contribution is -2.44. The topological polar surface area (TPSA) is 81.5 Å². The van der Waals surface area contributed by atoms with Gasteiger partial charge in [0.05, 0.1) is 18.0 Å². The fourth-order valence-electron chi connectivity index (χ4n) is 3.49. The molecule has 0 N–H and O–H groups in total. The average Bonchev–Trinajstić information content (AvgIpc) is 3.03. The van der Waals surface area contributed by atoms with E-state index >= 15 is 0 Å². The van der Waals surface area contributed by atoms with Crippen molar-refractivity contribution in [2.75, 3.05) is 0 Å². The van der Waals surface area contributed by atoms with Gasteiger partial charge in [0.2, 0.25) is 11.8 Å². The van der Waals surface area contributed by atoms with Crippen molar-refractivity contribution < 1.29 is 19.1 Å². The van der Waals surface area contributed by atoms with Crippen LogP contribution >= 0.6 is 11.6 Å². The molecule has 1 saturated heterocycles. The number of carbonyl (C=O) groups is 3. The van der Waals surface area contributed by atoms with Crippen LogP contribution in [0.15, 0.2) is 6.20 Å². The lowest BCUT2D eigenvalue weighted by molar-refractivity contribution is -0.159. The number of halogens is 1. The maximum atomic E-state index is 12.5. The molecule has 8 heteroatoms. The average molecular weight is 354 g/mol. The van der Waals surface area contributed by atoms with Crippen LogP contribution in [-0.4, -0.2) is 38.3 Å². The molecule has 1 aromatic heterocycles. The molecule has 130 valence electrons. The number of carbonyl (C=O) groups excluding carboxylic acids is 3. The van der Waals surface area contributed by atoms with Crippen LogP contribution in [0.3, 0.4) is 0 Å². The smallest absolute Gasteiger partial charge is 0.329 e. The zero-order valence-corrected chi connectivity index (χ0v) is 14.5. The van der Waals surface area contributed by atoms with Crippen LogP contribution < -0.4 is 0 Å². The zero-order chi connectivity index (χ0) is 17.4. The second-order valence-electron chi connectivity index (χ2n) is 6.38. The number of fused-ring (bicyclic) bond motifs is 1. The number of imide groups is 1. The molecule has 24 heavy (non-hydrogen) atoms. The zero-order valence-electron chi connectivity index (χ0n) is 13.7. The van der Waals surface area contributed by atoms with E-state index in [1.54, 1.807) is 11.6 Å². The summed E-state index contributed by atoms with van der Waals surface area (Å²) in [7, 11) is 1.71. The molecular formula is C16H20ClN3O4. The van der Waals surface area contributed by atoms with E-state index in [2.05, 4.69) is 4.98 Å². The van der Waals surface area contributed by atoms with Crippen LogP contribution in [0.1, 0.15) is 38.4 Å². The van der Waals surface area contributed by atoms with Gasteiger partial charge >= 0.3 is 5.97 Å². The maximum Gasteiger partial charge on any atom is 0.329 e. The standard InChI is InChI=1S/C16H20ClN3O4/c1-9(16(23)24-8-13-18-7-12(17)19(13)2)20-14(21)10-5-3-4-6-11(10)15(20)22/h7,9-11H,3-6,8H2,1-2H3. The fraction of sp³-hybridized carbons (Fsp3) is 0.625. The second kappa shape index (κ2) is 6.55. The lowest BCUT2D eigenvalue weighted by Gasteiger charge is -2.21. The summed E-state index contributed by atoms with van der Waals surface area (Å²) in [6.07, 6.45) is 4.81. The first kappa shape index (κ1) is 17.0. The normalized spacial score (nSPS) is 24.9. The Labute approximate surface area is 144 Å². The Bertz CT molecular complexity index is 663. The first-order valence-corrected chi connectivity index (χ1v) is 8.49. The number of likely N-dealkylation sites (tertiary alicyclic amines) is 1. The monoisotopic (exact) mass is 353 g/mol. The Morgan fingerprint density at radius 2 is 1.92 bits per heavy atom. The number of amides is 2. The van der Waals surface area contributed by atoms with Gasteiger partial charge in [-0.15, -0.1) is 0 Å². The Hall–Kier alpha value is -1.89. The number of rotatable bonds is 4. The van der Waals surface area contributed by atoms with Gasteiger partial charge in [0, 0.05) is 7.05 Å². The van der Waals surface area contributed by atoms with Gasteiger partial charge in [-0.25, -0.2) is 9.78 Å². The van der Waals surface area contributed by atoms with Gasteiger partial charge in [-0.3, -0.25) is 14.5 Å². The molecule has 0 radical (unpaired) electrons. The Balaban J connectivity index is 1.66. The van der Waals surface area contributed by atoms with Crippen molar-refractivity contribution in [3.8, 4) is 0 Å². The van der Waals surface area contributed by atoms with Crippen molar-refractivity contribution in [3.05, 3.63) is 17.2 Å². The summed E-state index contributed by atoms with van der Waals surface area (Å²) in [6.45, 7) is 1.47. The van der Waals surface area contributed by atoms with Crippen LogP contribution in [-0.2, 0) is 32.8 Å². The van der Waals surface area contributed by atoms with E-state index in [1.807, 2.05) is 0 Å². The lowest BCUT2D eigenvalue weighted by atomic mass is 9.81. The molecule has 1 aliphatic heterocycles. The van der Waals surface area contributed by atoms with E-state index < -0.39 is 12.0 Å². The predicted octanol–water partition coefficient (Wildman–Crippen LogP) is 1.68. The molecule has 2 heterocycles. The van der Waals surface area contributed by atoms with Crippen LogP contribution in [0.5, 0.6) is 0 Å². The molecular weight excluding hydrogens is 334 g/mol. The quantitative estimate of drug-likeness (QED) is 0.607. The molecule has 1 aromatic rings. The molecule has 1 aliphatic carbocycles. The van der Waals surface area contributed by atoms with Crippen LogP contribution in [0.4, 0.5) is 0 Å². The summed E-state index contributed by atoms with van der Waals surface area (Å²) in [5.74, 6) is -1.14. The van der Waals surface area contributed by atoms with E-state index in [0.29, 0.717) is 11.0 Å². The van der Waals surface area contributed by atoms with E-state index in [4.69, 9.17) is 16.3 Å². The molecule has 0 bridgehead atoms. The molecule has 2 amide bonds. The highest BCUT2D eigenvalue weighted by molar-refractivity contribution is 6.29. The van der Waals surface area contributed by atoms with Gasteiger partial charge < -0.3 is 9.30 Å². The van der Waals surface area contributed by atoms with E-state index in [-0.39, 0.29) is 30.3 Å². The third-order valence-electron chi connectivity index (χ3n) is 4.97. The number of nitrogens with zero attached hydrogens (tertiary/aromatic N) is 3. The minimum absolute atomic E-state index is 0.0600.